The van der Waals surface area contributed by atoms with Crippen LogP contribution in [-0.4, -0.2) is 57.6 Å². The number of nitrogens with zero attached hydrogens (tertiary/aromatic N) is 2. The summed E-state index contributed by atoms with van der Waals surface area (Å²) in [5, 5.41) is 0. The Hall–Kier alpha value is -1.03. The van der Waals surface area contributed by atoms with Crippen LogP contribution in [-0.2, 0) is 19.5 Å². The maximum absolute atomic E-state index is 12.6. The topological polar surface area (TPSA) is 85.8 Å². The van der Waals surface area contributed by atoms with E-state index in [0.29, 0.717) is 13.2 Å². The third-order valence-corrected chi connectivity index (χ3v) is 6.50. The number of methoxy groups -OCH3 is 1. The number of aromatic nitrogens is 1. The second-order valence-electron chi connectivity index (χ2n) is 4.85. The number of hydrogen-bond donors (Lipinski definition) is 0. The average molecular weight is 334 g/mol. The summed E-state index contributed by atoms with van der Waals surface area (Å²) in [6.45, 7) is 1.65. The Morgan fingerprint density at radius 1 is 1.62 bits per heavy atom. The van der Waals surface area contributed by atoms with Crippen LogP contribution in [0.2, 0.25) is 0 Å². The maximum Gasteiger partial charge on any atom is 0.358 e. The molecule has 21 heavy (non-hydrogen) atoms. The van der Waals surface area contributed by atoms with Gasteiger partial charge in [-0.05, 0) is 18.8 Å². The molecule has 2 heterocycles. The van der Waals surface area contributed by atoms with Crippen molar-refractivity contribution in [1.29, 1.82) is 0 Å². The number of carbonyl (C=O) groups is 1. The second-order valence-corrected chi connectivity index (χ2v) is 7.94. The van der Waals surface area contributed by atoms with Crippen molar-refractivity contribution >= 4 is 27.3 Å². The van der Waals surface area contributed by atoms with Gasteiger partial charge in [-0.2, -0.15) is 4.31 Å². The monoisotopic (exact) mass is 334 g/mol. The van der Waals surface area contributed by atoms with E-state index in [4.69, 9.17) is 4.74 Å². The van der Waals surface area contributed by atoms with Crippen LogP contribution in [0, 0.1) is 5.92 Å². The number of thiazole rings is 1. The van der Waals surface area contributed by atoms with E-state index in [9.17, 15) is 13.2 Å². The van der Waals surface area contributed by atoms with Crippen molar-refractivity contribution in [2.24, 2.45) is 5.92 Å². The summed E-state index contributed by atoms with van der Waals surface area (Å²) < 4.78 is 36.2. The molecule has 1 saturated heterocycles. The van der Waals surface area contributed by atoms with Gasteiger partial charge in [-0.1, -0.05) is 0 Å². The summed E-state index contributed by atoms with van der Waals surface area (Å²) >= 11 is 0.918. The summed E-state index contributed by atoms with van der Waals surface area (Å²) in [5.74, 6) is -0.572. The molecule has 0 radical (unpaired) electrons. The first-order valence-corrected chi connectivity index (χ1v) is 8.84. The number of sulfonamides is 1. The molecule has 0 spiro atoms. The lowest BCUT2D eigenvalue weighted by atomic mass is 10.0. The summed E-state index contributed by atoms with van der Waals surface area (Å²) in [7, 11) is -1.05. The van der Waals surface area contributed by atoms with Gasteiger partial charge in [0.15, 0.2) is 9.90 Å². The number of ether oxygens (including phenoxy) is 2. The van der Waals surface area contributed by atoms with Crippen LogP contribution in [0.3, 0.4) is 0 Å². The minimum atomic E-state index is -3.75. The highest BCUT2D eigenvalue weighted by atomic mass is 32.2. The van der Waals surface area contributed by atoms with Crippen molar-refractivity contribution in [2.75, 3.05) is 33.9 Å². The Kier molecular flexibility index (Phi) is 5.31. The first-order valence-electron chi connectivity index (χ1n) is 6.52. The van der Waals surface area contributed by atoms with Gasteiger partial charge in [-0.15, -0.1) is 11.3 Å². The van der Waals surface area contributed by atoms with Crippen LogP contribution in [0.25, 0.3) is 0 Å². The summed E-state index contributed by atoms with van der Waals surface area (Å²) in [4.78, 5) is 15.4. The Morgan fingerprint density at radius 2 is 2.38 bits per heavy atom. The minimum Gasteiger partial charge on any atom is -0.464 e. The molecule has 1 fully saturated rings. The van der Waals surface area contributed by atoms with Gasteiger partial charge in [0.2, 0.25) is 0 Å². The molecular weight excluding hydrogens is 316 g/mol. The van der Waals surface area contributed by atoms with E-state index in [1.165, 1.54) is 24.0 Å². The standard InChI is InChI=1S/C12H18N2O5S2/c1-14(6-9-4-3-5-19-7-9)21(16,17)12-10(11(15)18-2)13-8-20-12/h8-9H,3-7H2,1-2H3. The average Bonchev–Trinajstić information content (AvgIpc) is 2.97. The molecule has 2 rings (SSSR count). The van der Waals surface area contributed by atoms with Crippen LogP contribution >= 0.6 is 11.3 Å². The Morgan fingerprint density at radius 3 is 3.00 bits per heavy atom. The van der Waals surface area contributed by atoms with Crippen LogP contribution in [0.5, 0.6) is 0 Å². The molecule has 1 atom stereocenters. The zero-order valence-electron chi connectivity index (χ0n) is 11.9. The van der Waals surface area contributed by atoms with E-state index in [0.717, 1.165) is 30.8 Å². The Bertz CT molecular complexity index is 593. The molecule has 1 aliphatic rings. The van der Waals surface area contributed by atoms with Crippen LogP contribution in [0.1, 0.15) is 23.3 Å². The van der Waals surface area contributed by atoms with Gasteiger partial charge in [0, 0.05) is 20.2 Å². The molecule has 1 unspecified atom stereocenters. The molecule has 0 saturated carbocycles. The van der Waals surface area contributed by atoms with Gasteiger partial charge in [0.1, 0.15) is 0 Å². The summed E-state index contributed by atoms with van der Waals surface area (Å²) in [6, 6.07) is 0. The van der Waals surface area contributed by atoms with Crippen LogP contribution in [0.4, 0.5) is 0 Å². The van der Waals surface area contributed by atoms with Crippen molar-refractivity contribution in [2.45, 2.75) is 17.1 Å². The Balaban J connectivity index is 2.17. The molecule has 0 N–H and O–H groups in total. The summed E-state index contributed by atoms with van der Waals surface area (Å²) in [6.07, 6.45) is 1.87. The highest BCUT2D eigenvalue weighted by Crippen LogP contribution is 2.25. The minimum absolute atomic E-state index is 0.0754. The summed E-state index contributed by atoms with van der Waals surface area (Å²) in [5.41, 5.74) is 1.17. The van der Waals surface area contributed by atoms with Gasteiger partial charge in [-0.25, -0.2) is 18.2 Å². The molecule has 1 aromatic heterocycles. The normalized spacial score (nSPS) is 19.7. The maximum atomic E-state index is 12.6. The molecular formula is C12H18N2O5S2. The van der Waals surface area contributed by atoms with E-state index in [1.807, 2.05) is 0 Å². The van der Waals surface area contributed by atoms with Crippen molar-refractivity contribution in [3.63, 3.8) is 0 Å². The number of esters is 1. The van der Waals surface area contributed by atoms with E-state index in [2.05, 4.69) is 9.72 Å². The fourth-order valence-electron chi connectivity index (χ4n) is 2.21. The number of rotatable bonds is 5. The largest absolute Gasteiger partial charge is 0.464 e. The molecule has 7 nitrogen and oxygen atoms in total. The van der Waals surface area contributed by atoms with E-state index >= 15 is 0 Å². The molecule has 118 valence electrons. The molecule has 1 aromatic rings. The van der Waals surface area contributed by atoms with Crippen molar-refractivity contribution in [3.05, 3.63) is 11.2 Å². The smallest absolute Gasteiger partial charge is 0.358 e. The predicted octanol–water partition coefficient (Wildman–Crippen LogP) is 0.977. The fourth-order valence-corrected chi connectivity index (χ4v) is 4.78. The lowest BCUT2D eigenvalue weighted by Gasteiger charge is -2.26. The van der Waals surface area contributed by atoms with E-state index < -0.39 is 16.0 Å². The van der Waals surface area contributed by atoms with E-state index in [1.54, 1.807) is 0 Å². The van der Waals surface area contributed by atoms with Gasteiger partial charge in [0.25, 0.3) is 10.0 Å². The molecule has 0 bridgehead atoms. The third-order valence-electron chi connectivity index (χ3n) is 3.33. The molecule has 0 aromatic carbocycles. The van der Waals surface area contributed by atoms with Gasteiger partial charge in [0.05, 0.1) is 19.2 Å². The molecule has 0 aliphatic carbocycles. The SMILES string of the molecule is COC(=O)c1ncsc1S(=O)(=O)N(C)CC1CCCOC1. The zero-order chi connectivity index (χ0) is 15.5. The highest BCUT2D eigenvalue weighted by molar-refractivity contribution is 7.91. The quantitative estimate of drug-likeness (QED) is 0.746. The van der Waals surface area contributed by atoms with Crippen molar-refractivity contribution < 1.29 is 22.7 Å². The van der Waals surface area contributed by atoms with Crippen LogP contribution in [0.15, 0.2) is 9.72 Å². The number of hydrogen-bond acceptors (Lipinski definition) is 7. The predicted molar refractivity (Wildman–Crippen MR) is 76.8 cm³/mol. The molecule has 0 amide bonds. The number of carbonyl (C=O) groups excluding carboxylic acids is 1. The first-order chi connectivity index (χ1) is 9.96. The fraction of sp³-hybridized carbons (Fsp3) is 0.667. The second kappa shape index (κ2) is 6.82. The highest BCUT2D eigenvalue weighted by Gasteiger charge is 2.31. The van der Waals surface area contributed by atoms with Gasteiger partial charge >= 0.3 is 5.97 Å². The Labute approximate surface area is 127 Å². The van der Waals surface area contributed by atoms with Crippen LogP contribution < -0.4 is 0 Å². The lowest BCUT2D eigenvalue weighted by Crippen LogP contribution is -2.35. The third kappa shape index (κ3) is 3.60. The zero-order valence-corrected chi connectivity index (χ0v) is 13.6. The van der Waals surface area contributed by atoms with Gasteiger partial charge < -0.3 is 9.47 Å². The first kappa shape index (κ1) is 16.3. The van der Waals surface area contributed by atoms with E-state index in [-0.39, 0.29) is 15.8 Å². The van der Waals surface area contributed by atoms with Crippen molar-refractivity contribution in [3.8, 4) is 0 Å². The molecule has 1 aliphatic heterocycles. The lowest BCUT2D eigenvalue weighted by molar-refractivity contribution is 0.0495. The van der Waals surface area contributed by atoms with Gasteiger partial charge in [-0.3, -0.25) is 0 Å². The van der Waals surface area contributed by atoms with Crippen molar-refractivity contribution in [1.82, 2.24) is 9.29 Å². The molecule has 9 heteroatoms.